The van der Waals surface area contributed by atoms with Gasteiger partial charge >= 0.3 is 6.30 Å². The van der Waals surface area contributed by atoms with Gasteiger partial charge in [-0.05, 0) is 47.9 Å². The lowest BCUT2D eigenvalue weighted by atomic mass is 9.78. The molecule has 2 heterocycles. The molecule has 0 unspecified atom stereocenters. The van der Waals surface area contributed by atoms with Crippen LogP contribution < -0.4 is 11.2 Å². The summed E-state index contributed by atoms with van der Waals surface area (Å²) in [5, 5.41) is 10.5. The summed E-state index contributed by atoms with van der Waals surface area (Å²) in [6.07, 6.45) is 0.580. The molecule has 0 amide bonds. The number of hydrazine groups is 1. The fraction of sp³-hybridized carbons (Fsp3) is 0.500. The number of carbonyl (C=O) groups is 1. The van der Waals surface area contributed by atoms with Crippen molar-refractivity contribution in [1.82, 2.24) is 14.9 Å². The molecule has 1 aromatic heterocycles. The smallest absolute Gasteiger partial charge is 0.365 e. The number of fused-ring (bicyclic) bond motifs is 2. The molecule has 12 heteroatoms. The van der Waals surface area contributed by atoms with Crippen LogP contribution in [0.15, 0.2) is 35.5 Å². The number of ketones is 1. The third-order valence-corrected chi connectivity index (χ3v) is 6.96. The van der Waals surface area contributed by atoms with E-state index in [-0.39, 0.29) is 37.0 Å². The van der Waals surface area contributed by atoms with E-state index < -0.39 is 29.8 Å². The van der Waals surface area contributed by atoms with Crippen LogP contribution >= 0.6 is 0 Å². The summed E-state index contributed by atoms with van der Waals surface area (Å²) in [7, 11) is 1.88. The average molecular weight is 507 g/mol. The zero-order chi connectivity index (χ0) is 26.2. The van der Waals surface area contributed by atoms with Gasteiger partial charge in [-0.1, -0.05) is 30.6 Å². The Kier molecular flexibility index (Phi) is 7.07. The van der Waals surface area contributed by atoms with Crippen LogP contribution in [0.1, 0.15) is 37.3 Å². The van der Waals surface area contributed by atoms with Crippen LogP contribution in [-0.2, 0) is 18.3 Å². The fourth-order valence-corrected chi connectivity index (χ4v) is 5.36. The monoisotopic (exact) mass is 506 g/mol. The molecular formula is C24H29F3N6O3. The normalized spacial score (nSPS) is 21.1. The largest absolute Gasteiger partial charge is 0.460 e. The minimum Gasteiger partial charge on any atom is -0.365 e. The van der Waals surface area contributed by atoms with E-state index in [1.165, 1.54) is 0 Å². The first-order valence-corrected chi connectivity index (χ1v) is 11.8. The molecule has 1 aliphatic carbocycles. The number of aryl methyl sites for hydroxylation is 1. The Morgan fingerprint density at radius 3 is 2.83 bits per heavy atom. The van der Waals surface area contributed by atoms with Crippen LogP contribution in [0.5, 0.6) is 0 Å². The summed E-state index contributed by atoms with van der Waals surface area (Å²) in [6, 6.07) is 4.77. The summed E-state index contributed by atoms with van der Waals surface area (Å²) in [6.45, 7) is 1.71. The van der Waals surface area contributed by atoms with Gasteiger partial charge in [-0.2, -0.15) is 13.2 Å². The molecule has 1 aromatic carbocycles. The maximum Gasteiger partial charge on any atom is 0.460 e. The Labute approximate surface area is 205 Å². The number of benzene rings is 1. The van der Waals surface area contributed by atoms with Crippen LogP contribution in [0.2, 0.25) is 0 Å². The summed E-state index contributed by atoms with van der Waals surface area (Å²) >= 11 is 0. The van der Waals surface area contributed by atoms with E-state index in [0.29, 0.717) is 23.3 Å². The Bertz CT molecular complexity index is 1240. The Hall–Kier alpha value is -3.41. The summed E-state index contributed by atoms with van der Waals surface area (Å²) in [5.41, 5.74) is 10.3. The maximum absolute atomic E-state index is 14.1. The summed E-state index contributed by atoms with van der Waals surface area (Å²) < 4.78 is 44.4. The third kappa shape index (κ3) is 5.23. The second kappa shape index (κ2) is 9.92. The topological polar surface area (TPSA) is 119 Å². The number of halogens is 3. The van der Waals surface area contributed by atoms with Crippen LogP contribution in [0, 0.1) is 22.0 Å². The number of aromatic nitrogens is 1. The summed E-state index contributed by atoms with van der Waals surface area (Å²) in [5.74, 6) is -1.47. The first kappa shape index (κ1) is 25.7. The number of guanidine groups is 1. The van der Waals surface area contributed by atoms with E-state index >= 15 is 0 Å². The first-order chi connectivity index (χ1) is 17.0. The highest BCUT2D eigenvalue weighted by molar-refractivity contribution is 5.99. The van der Waals surface area contributed by atoms with Crippen LogP contribution in [0.4, 0.5) is 13.2 Å². The van der Waals surface area contributed by atoms with Crippen LogP contribution in [0.3, 0.4) is 0 Å². The van der Waals surface area contributed by atoms with E-state index in [0.717, 1.165) is 22.0 Å². The van der Waals surface area contributed by atoms with Crippen molar-refractivity contribution in [2.24, 2.45) is 29.6 Å². The van der Waals surface area contributed by atoms with E-state index in [2.05, 4.69) is 4.99 Å². The molecule has 0 bridgehead atoms. The molecule has 36 heavy (non-hydrogen) atoms. The van der Waals surface area contributed by atoms with E-state index in [9.17, 15) is 28.1 Å². The number of Topliss-reactive ketones (excluding diaryl/α,β-unsaturated/α-hetero) is 1. The van der Waals surface area contributed by atoms with Gasteiger partial charge in [0.2, 0.25) is 0 Å². The first-order valence-electron chi connectivity index (χ1n) is 11.8. The molecule has 0 fully saturated rings. The van der Waals surface area contributed by atoms with E-state index in [1.54, 1.807) is 11.5 Å². The average Bonchev–Trinajstić information content (AvgIpc) is 3.11. The molecule has 0 spiro atoms. The van der Waals surface area contributed by atoms with Crippen molar-refractivity contribution in [3.63, 3.8) is 0 Å². The molecule has 0 saturated heterocycles. The zero-order valence-electron chi connectivity index (χ0n) is 20.1. The lowest BCUT2D eigenvalue weighted by Gasteiger charge is -2.42. The van der Waals surface area contributed by atoms with Gasteiger partial charge in [0.1, 0.15) is 5.78 Å². The molecule has 9 nitrogen and oxygen atoms in total. The summed E-state index contributed by atoms with van der Waals surface area (Å²) in [4.78, 5) is 27.8. The molecule has 3 N–H and O–H groups in total. The van der Waals surface area contributed by atoms with Gasteiger partial charge in [-0.25, -0.2) is 20.0 Å². The van der Waals surface area contributed by atoms with Crippen molar-refractivity contribution < 1.29 is 23.0 Å². The van der Waals surface area contributed by atoms with Gasteiger partial charge in [0.15, 0.2) is 5.03 Å². The van der Waals surface area contributed by atoms with Crippen molar-refractivity contribution >= 4 is 28.2 Å². The van der Waals surface area contributed by atoms with E-state index in [1.807, 2.05) is 42.9 Å². The van der Waals surface area contributed by atoms with Crippen LogP contribution in [-0.4, -0.2) is 51.7 Å². The van der Waals surface area contributed by atoms with Crippen molar-refractivity contribution in [2.75, 3.05) is 13.1 Å². The number of hydrogen-bond donors (Lipinski definition) is 2. The molecule has 4 rings (SSSR count). The number of nitrogens with zero attached hydrogens (tertiary/aromatic N) is 4. The predicted molar refractivity (Wildman–Crippen MR) is 129 cm³/mol. The molecule has 0 radical (unpaired) electrons. The van der Waals surface area contributed by atoms with Gasteiger partial charge in [-0.15, -0.1) is 0 Å². The van der Waals surface area contributed by atoms with Crippen molar-refractivity contribution in [3.05, 3.63) is 51.7 Å². The molecule has 2 aliphatic rings. The van der Waals surface area contributed by atoms with Gasteiger partial charge in [0.05, 0.1) is 0 Å². The SMILES string of the molecule is C[C@H](CCCN=C(N)N[N+](=O)[O-])CC(=O)[C@@H]1C=C2c3cccc4c3c(cn4C)C[C@H]2N(C(F)(F)F)C1. The van der Waals surface area contributed by atoms with Crippen molar-refractivity contribution in [2.45, 2.75) is 44.9 Å². The fourth-order valence-electron chi connectivity index (χ4n) is 5.36. The standard InChI is InChI=1S/C24H29F3N6O3/c1-14(5-4-8-29-23(28)30-33(35)36)9-21(34)15-10-18-17-6-3-7-19-22(17)16(12-31(19)2)11-20(18)32(13-15)24(25,26)27/h3,6-7,10,12,14-15,20H,4-5,8-9,11,13H2,1-2H3,(H3,28,29,30)/t14-,15-,20-/m1/s1. The Morgan fingerprint density at radius 2 is 2.14 bits per heavy atom. The number of alkyl halides is 3. The maximum atomic E-state index is 14.1. The number of nitrogens with one attached hydrogen (secondary N) is 1. The molecule has 1 aliphatic heterocycles. The number of rotatable bonds is 8. The van der Waals surface area contributed by atoms with Crippen LogP contribution in [0.25, 0.3) is 16.5 Å². The molecule has 2 aromatic rings. The number of aliphatic imine (C=N–C) groups is 1. The third-order valence-electron chi connectivity index (χ3n) is 6.96. The lowest BCUT2D eigenvalue weighted by molar-refractivity contribution is -0.525. The van der Waals surface area contributed by atoms with Crippen molar-refractivity contribution in [1.29, 1.82) is 0 Å². The highest BCUT2D eigenvalue weighted by Crippen LogP contribution is 2.45. The van der Waals surface area contributed by atoms with E-state index in [4.69, 9.17) is 5.73 Å². The number of nitrogens with two attached hydrogens (primary N) is 1. The molecular weight excluding hydrogens is 477 g/mol. The molecule has 0 saturated carbocycles. The highest BCUT2D eigenvalue weighted by atomic mass is 19.4. The number of nitro groups is 1. The molecule has 194 valence electrons. The van der Waals surface area contributed by atoms with Crippen molar-refractivity contribution in [3.8, 4) is 0 Å². The zero-order valence-corrected chi connectivity index (χ0v) is 20.1. The Morgan fingerprint density at radius 1 is 1.39 bits per heavy atom. The minimum absolute atomic E-state index is 0.0802. The Balaban J connectivity index is 1.51. The lowest BCUT2D eigenvalue weighted by Crippen LogP contribution is -2.53. The minimum atomic E-state index is -4.57. The second-order valence-electron chi connectivity index (χ2n) is 9.59. The second-order valence-corrected chi connectivity index (χ2v) is 9.59. The van der Waals surface area contributed by atoms with Gasteiger partial charge in [0.25, 0.3) is 5.96 Å². The highest BCUT2D eigenvalue weighted by Gasteiger charge is 2.48. The molecule has 3 atom stereocenters. The number of carbonyl (C=O) groups excluding carboxylic acids is 1. The number of hydrogen-bond acceptors (Lipinski definition) is 5. The van der Waals surface area contributed by atoms with Gasteiger partial charge in [-0.3, -0.25) is 4.79 Å². The van der Waals surface area contributed by atoms with Gasteiger partial charge in [0, 0.05) is 55.6 Å². The quantitative estimate of drug-likeness (QED) is 0.141. The van der Waals surface area contributed by atoms with Gasteiger partial charge < -0.3 is 10.3 Å². The predicted octanol–water partition coefficient (Wildman–Crippen LogP) is 3.41.